The Morgan fingerprint density at radius 1 is 1.03 bits per heavy atom. The van der Waals surface area contributed by atoms with Crippen LogP contribution in [-0.2, 0) is 16.1 Å². The van der Waals surface area contributed by atoms with Crippen molar-refractivity contribution in [2.45, 2.75) is 57.3 Å². The second-order valence-electron chi connectivity index (χ2n) is 8.55. The first kappa shape index (κ1) is 20.6. The van der Waals surface area contributed by atoms with Crippen LogP contribution in [0.4, 0.5) is 0 Å². The molecule has 1 unspecified atom stereocenters. The van der Waals surface area contributed by atoms with Gasteiger partial charge in [0.2, 0.25) is 5.91 Å². The zero-order valence-corrected chi connectivity index (χ0v) is 17.8. The van der Waals surface area contributed by atoms with Crippen LogP contribution < -0.4 is 0 Å². The maximum absolute atomic E-state index is 13.6. The number of rotatable bonds is 4. The molecule has 2 fully saturated rings. The van der Waals surface area contributed by atoms with Gasteiger partial charge in [0, 0.05) is 19.2 Å². The maximum atomic E-state index is 13.6. The molecule has 2 aliphatic rings. The lowest BCUT2D eigenvalue weighted by Gasteiger charge is -2.42. The summed E-state index contributed by atoms with van der Waals surface area (Å²) in [5.74, 6) is -0.178. The van der Waals surface area contributed by atoms with Crippen molar-refractivity contribution in [1.82, 2.24) is 9.80 Å². The Morgan fingerprint density at radius 2 is 1.70 bits per heavy atom. The van der Waals surface area contributed by atoms with Crippen LogP contribution >= 0.6 is 0 Å². The van der Waals surface area contributed by atoms with Gasteiger partial charge >= 0.3 is 0 Å². The molecule has 1 saturated heterocycles. The average Bonchev–Trinajstić information content (AvgIpc) is 3.12. The largest absolute Gasteiger partial charge is 0.353 e. The van der Waals surface area contributed by atoms with Crippen molar-refractivity contribution in [2.24, 2.45) is 0 Å². The minimum Gasteiger partial charge on any atom is -0.353 e. The molecule has 0 N–H and O–H groups in total. The highest BCUT2D eigenvalue weighted by Gasteiger charge is 2.53. The first-order valence-corrected chi connectivity index (χ1v) is 10.8. The van der Waals surface area contributed by atoms with Crippen molar-refractivity contribution in [3.05, 3.63) is 71.3 Å². The molecule has 30 heavy (non-hydrogen) atoms. The van der Waals surface area contributed by atoms with E-state index in [4.69, 9.17) is 4.74 Å². The Bertz CT molecular complexity index is 888. The molecular formula is C25H30N2O3. The number of ether oxygens (including phenoxy) is 1. The van der Waals surface area contributed by atoms with E-state index in [-0.39, 0.29) is 18.4 Å². The van der Waals surface area contributed by atoms with E-state index in [2.05, 4.69) is 0 Å². The van der Waals surface area contributed by atoms with Crippen LogP contribution in [0, 0.1) is 6.92 Å². The Kier molecular flexibility index (Phi) is 5.91. The Morgan fingerprint density at radius 3 is 2.37 bits per heavy atom. The van der Waals surface area contributed by atoms with E-state index >= 15 is 0 Å². The molecule has 2 aromatic rings. The molecule has 2 aromatic carbocycles. The molecule has 4 rings (SSSR count). The number of likely N-dealkylation sites (N-methyl/N-ethyl adjacent to an activating group) is 1. The van der Waals surface area contributed by atoms with Crippen molar-refractivity contribution in [3.8, 4) is 0 Å². The van der Waals surface area contributed by atoms with Gasteiger partial charge in [0.1, 0.15) is 11.8 Å². The minimum atomic E-state index is -0.659. The topological polar surface area (TPSA) is 49.9 Å². The zero-order chi connectivity index (χ0) is 21.1. The molecular weight excluding hydrogens is 376 g/mol. The Hall–Kier alpha value is -2.66. The number of benzene rings is 2. The summed E-state index contributed by atoms with van der Waals surface area (Å²) in [6.45, 7) is 2.77. The van der Waals surface area contributed by atoms with Crippen LogP contribution in [0.3, 0.4) is 0 Å². The van der Waals surface area contributed by atoms with E-state index in [1.165, 1.54) is 0 Å². The van der Waals surface area contributed by atoms with Crippen molar-refractivity contribution in [1.29, 1.82) is 0 Å². The molecule has 0 aromatic heterocycles. The monoisotopic (exact) mass is 406 g/mol. The lowest BCUT2D eigenvalue weighted by molar-refractivity contribution is -0.136. The quantitative estimate of drug-likeness (QED) is 0.766. The van der Waals surface area contributed by atoms with Gasteiger partial charge in [-0.3, -0.25) is 14.5 Å². The van der Waals surface area contributed by atoms with E-state index in [1.807, 2.05) is 61.5 Å². The number of hydrogen-bond donors (Lipinski definition) is 0. The van der Waals surface area contributed by atoms with Crippen LogP contribution in [0.5, 0.6) is 0 Å². The van der Waals surface area contributed by atoms with Gasteiger partial charge in [0.05, 0.1) is 6.61 Å². The lowest BCUT2D eigenvalue weighted by Crippen LogP contribution is -2.56. The molecule has 1 aliphatic carbocycles. The maximum Gasteiger partial charge on any atom is 0.256 e. The van der Waals surface area contributed by atoms with Crippen molar-refractivity contribution in [2.75, 3.05) is 13.7 Å². The van der Waals surface area contributed by atoms with Gasteiger partial charge in [-0.1, -0.05) is 54.4 Å². The third-order valence-corrected chi connectivity index (χ3v) is 6.34. The summed E-state index contributed by atoms with van der Waals surface area (Å²) in [5, 5.41) is 0. The van der Waals surface area contributed by atoms with Gasteiger partial charge in [-0.25, -0.2) is 0 Å². The Balaban J connectivity index is 1.61. The average molecular weight is 407 g/mol. The second-order valence-corrected chi connectivity index (χ2v) is 8.55. The summed E-state index contributed by atoms with van der Waals surface area (Å²) in [4.78, 5) is 30.5. The van der Waals surface area contributed by atoms with E-state index in [0.717, 1.165) is 43.2 Å². The number of carbonyl (C=O) groups excluding carboxylic acids is 2. The van der Waals surface area contributed by atoms with Crippen molar-refractivity contribution >= 4 is 11.8 Å². The molecule has 1 heterocycles. The third-order valence-electron chi connectivity index (χ3n) is 6.34. The van der Waals surface area contributed by atoms with E-state index in [1.54, 1.807) is 16.8 Å². The molecule has 5 heteroatoms. The van der Waals surface area contributed by atoms with Crippen LogP contribution in [0.2, 0.25) is 0 Å². The van der Waals surface area contributed by atoms with E-state index in [9.17, 15) is 9.59 Å². The first-order valence-electron chi connectivity index (χ1n) is 10.8. The van der Waals surface area contributed by atoms with Crippen molar-refractivity contribution < 1.29 is 14.3 Å². The summed E-state index contributed by atoms with van der Waals surface area (Å²) in [7, 11) is 1.80. The number of carbonyl (C=O) groups is 2. The standard InChI is InChI=1S/C25H30N2O3/c1-19-11-13-21(14-12-19)23(28)27-22(18-30-25(27)15-7-4-8-16-25)24(29)26(2)17-20-9-5-3-6-10-20/h3,5-6,9-14,22H,4,7-8,15-18H2,1-2H3. The molecule has 0 radical (unpaired) electrons. The molecule has 158 valence electrons. The van der Waals surface area contributed by atoms with Crippen LogP contribution in [0.15, 0.2) is 54.6 Å². The number of nitrogens with zero attached hydrogens (tertiary/aromatic N) is 2. The minimum absolute atomic E-state index is 0.0678. The predicted octanol–water partition coefficient (Wildman–Crippen LogP) is 4.16. The normalized spacial score (nSPS) is 20.3. The van der Waals surface area contributed by atoms with Gasteiger partial charge in [-0.2, -0.15) is 0 Å². The van der Waals surface area contributed by atoms with Gasteiger partial charge in [-0.15, -0.1) is 0 Å². The third kappa shape index (κ3) is 3.99. The first-order chi connectivity index (χ1) is 14.5. The molecule has 1 aliphatic heterocycles. The summed E-state index contributed by atoms with van der Waals surface area (Å²) in [5.41, 5.74) is 2.12. The second kappa shape index (κ2) is 8.60. The van der Waals surface area contributed by atoms with Gasteiger partial charge in [0.15, 0.2) is 0 Å². The highest BCUT2D eigenvalue weighted by atomic mass is 16.5. The summed E-state index contributed by atoms with van der Waals surface area (Å²) < 4.78 is 6.25. The molecule has 5 nitrogen and oxygen atoms in total. The molecule has 2 amide bonds. The highest BCUT2D eigenvalue weighted by Crippen LogP contribution is 2.41. The summed E-state index contributed by atoms with van der Waals surface area (Å²) >= 11 is 0. The molecule has 0 bridgehead atoms. The van der Waals surface area contributed by atoms with E-state index in [0.29, 0.717) is 12.1 Å². The molecule has 1 atom stereocenters. The Labute approximate surface area is 178 Å². The molecule has 1 spiro atoms. The van der Waals surface area contributed by atoms with Crippen LogP contribution in [0.1, 0.15) is 53.6 Å². The summed E-state index contributed by atoms with van der Waals surface area (Å²) in [6, 6.07) is 16.9. The highest BCUT2D eigenvalue weighted by molar-refractivity contribution is 5.98. The molecule has 1 saturated carbocycles. The van der Waals surface area contributed by atoms with Crippen LogP contribution in [0.25, 0.3) is 0 Å². The predicted molar refractivity (Wildman–Crippen MR) is 116 cm³/mol. The van der Waals surface area contributed by atoms with Crippen molar-refractivity contribution in [3.63, 3.8) is 0 Å². The van der Waals surface area contributed by atoms with Gasteiger partial charge in [0.25, 0.3) is 5.91 Å². The fraction of sp³-hybridized carbons (Fsp3) is 0.440. The van der Waals surface area contributed by atoms with Gasteiger partial charge in [-0.05, 0) is 50.3 Å². The van der Waals surface area contributed by atoms with E-state index < -0.39 is 11.8 Å². The van der Waals surface area contributed by atoms with Crippen LogP contribution in [-0.4, -0.2) is 47.0 Å². The lowest BCUT2D eigenvalue weighted by atomic mass is 9.89. The SMILES string of the molecule is Cc1ccc(C(=O)N2C(C(=O)N(C)Cc3ccccc3)COC23CCCCC3)cc1. The fourth-order valence-corrected chi connectivity index (χ4v) is 4.68. The number of amides is 2. The number of aryl methyl sites for hydroxylation is 1. The zero-order valence-electron chi connectivity index (χ0n) is 17.8. The smallest absolute Gasteiger partial charge is 0.256 e. The van der Waals surface area contributed by atoms with Gasteiger partial charge < -0.3 is 9.64 Å². The number of hydrogen-bond acceptors (Lipinski definition) is 3. The fourth-order valence-electron chi connectivity index (χ4n) is 4.68. The summed E-state index contributed by atoms with van der Waals surface area (Å²) in [6.07, 6.45) is 4.74.